The predicted octanol–water partition coefficient (Wildman–Crippen LogP) is 3.73. The fourth-order valence-corrected chi connectivity index (χ4v) is 3.03. The van der Waals surface area contributed by atoms with Crippen molar-refractivity contribution in [3.05, 3.63) is 51.9 Å². The molecule has 0 saturated heterocycles. The van der Waals surface area contributed by atoms with Gasteiger partial charge in [0.05, 0.1) is 23.5 Å². The first-order chi connectivity index (χ1) is 14.1. The first kappa shape index (κ1) is 19.9. The molecule has 13 heteroatoms. The van der Waals surface area contributed by atoms with Crippen molar-refractivity contribution in [1.29, 1.82) is 0 Å². The van der Waals surface area contributed by atoms with E-state index in [-0.39, 0.29) is 28.8 Å². The summed E-state index contributed by atoms with van der Waals surface area (Å²) in [6.07, 6.45) is -3.29. The number of fused-ring (bicyclic) bond motifs is 1. The van der Waals surface area contributed by atoms with Crippen LogP contribution in [-0.2, 0) is 12.7 Å². The molecule has 9 nitrogen and oxygen atoms in total. The van der Waals surface area contributed by atoms with Gasteiger partial charge in [-0.2, -0.15) is 18.3 Å². The summed E-state index contributed by atoms with van der Waals surface area (Å²) in [6.45, 7) is 3.38. The van der Waals surface area contributed by atoms with E-state index in [0.29, 0.717) is 22.6 Å². The molecule has 0 aliphatic heterocycles. The number of alkyl halides is 3. The normalized spacial score (nSPS) is 11.9. The monoisotopic (exact) mass is 439 g/mol. The molecule has 4 rings (SSSR count). The van der Waals surface area contributed by atoms with Crippen LogP contribution < -0.4 is 5.32 Å². The zero-order valence-electron chi connectivity index (χ0n) is 15.5. The first-order valence-corrected chi connectivity index (χ1v) is 8.88. The maximum absolute atomic E-state index is 12.7. The van der Waals surface area contributed by atoms with Crippen LogP contribution in [0.4, 0.5) is 19.0 Å². The number of aromatic amines is 1. The Morgan fingerprint density at radius 3 is 2.70 bits per heavy atom. The van der Waals surface area contributed by atoms with Gasteiger partial charge >= 0.3 is 6.18 Å². The van der Waals surface area contributed by atoms with Gasteiger partial charge in [-0.15, -0.1) is 0 Å². The van der Waals surface area contributed by atoms with Crippen LogP contribution >= 0.6 is 11.6 Å². The van der Waals surface area contributed by atoms with Gasteiger partial charge in [0.15, 0.2) is 22.9 Å². The molecule has 2 N–H and O–H groups in total. The quantitative estimate of drug-likeness (QED) is 0.500. The zero-order chi connectivity index (χ0) is 21.6. The van der Waals surface area contributed by atoms with E-state index in [1.54, 1.807) is 24.5 Å². The molecule has 0 aliphatic carbocycles. The molecule has 0 aliphatic rings. The minimum Gasteiger partial charge on any atom is -0.359 e. The zero-order valence-corrected chi connectivity index (χ0v) is 16.3. The smallest absolute Gasteiger partial charge is 0.359 e. The molecule has 0 unspecified atom stereocenters. The summed E-state index contributed by atoms with van der Waals surface area (Å²) in [5, 5.41) is 12.0. The molecule has 4 aromatic heterocycles. The summed E-state index contributed by atoms with van der Waals surface area (Å²) < 4.78 is 44.7. The third-order valence-corrected chi connectivity index (χ3v) is 4.61. The highest BCUT2D eigenvalue weighted by Crippen LogP contribution is 2.29. The number of anilines is 1. The largest absolute Gasteiger partial charge is 0.436 e. The van der Waals surface area contributed by atoms with Crippen molar-refractivity contribution in [3.8, 4) is 0 Å². The summed E-state index contributed by atoms with van der Waals surface area (Å²) in [7, 11) is 0. The van der Waals surface area contributed by atoms with Gasteiger partial charge in [0.25, 0.3) is 5.91 Å². The second kappa shape index (κ2) is 7.13. The number of carbonyl (C=O) groups excluding carboxylic acids is 1. The van der Waals surface area contributed by atoms with Crippen molar-refractivity contribution >= 4 is 34.5 Å². The molecule has 4 heterocycles. The fourth-order valence-electron chi connectivity index (χ4n) is 2.85. The second-order valence-corrected chi connectivity index (χ2v) is 6.87. The lowest BCUT2D eigenvalue weighted by atomic mass is 10.3. The lowest BCUT2D eigenvalue weighted by molar-refractivity contribution is -0.142. The number of aromatic nitrogens is 6. The molecular weight excluding hydrogens is 427 g/mol. The highest BCUT2D eigenvalue weighted by Gasteiger charge is 2.35. The van der Waals surface area contributed by atoms with E-state index < -0.39 is 17.8 Å². The van der Waals surface area contributed by atoms with E-state index >= 15 is 0 Å². The first-order valence-electron chi connectivity index (χ1n) is 8.51. The third kappa shape index (κ3) is 3.61. The topological polar surface area (TPSA) is 115 Å². The number of rotatable bonds is 4. The molecule has 4 aromatic rings. The van der Waals surface area contributed by atoms with Crippen LogP contribution in [0.2, 0.25) is 5.02 Å². The number of nitrogens with one attached hydrogen (secondary N) is 2. The number of carbonyl (C=O) groups is 1. The van der Waals surface area contributed by atoms with Crippen molar-refractivity contribution < 1.29 is 22.5 Å². The molecular formula is C17H13ClF3N7O2. The van der Waals surface area contributed by atoms with Crippen molar-refractivity contribution in [1.82, 2.24) is 29.9 Å². The lowest BCUT2D eigenvalue weighted by Gasteiger charge is -2.08. The van der Waals surface area contributed by atoms with E-state index in [1.165, 1.54) is 6.20 Å². The molecule has 0 saturated carbocycles. The van der Waals surface area contributed by atoms with Gasteiger partial charge in [0, 0.05) is 11.8 Å². The summed E-state index contributed by atoms with van der Waals surface area (Å²) in [5.41, 5.74) is 0.940. The second-order valence-electron chi connectivity index (χ2n) is 6.46. The van der Waals surface area contributed by atoms with E-state index in [0.717, 1.165) is 6.07 Å². The molecule has 156 valence electrons. The summed E-state index contributed by atoms with van der Waals surface area (Å²) in [6, 6.07) is 2.54. The van der Waals surface area contributed by atoms with Gasteiger partial charge in [-0.1, -0.05) is 16.8 Å². The van der Waals surface area contributed by atoms with E-state index in [2.05, 4.69) is 30.6 Å². The third-order valence-electron chi connectivity index (χ3n) is 4.32. The lowest BCUT2D eigenvalue weighted by Crippen LogP contribution is -2.15. The SMILES string of the molecule is Cc1nc2c(cc(C)n2Cc2cc(C(F)(F)F)no2)nc1NC(=O)c1[nH]ncc1Cl. The van der Waals surface area contributed by atoms with E-state index in [4.69, 9.17) is 16.1 Å². The number of aryl methyl sites for hydroxylation is 2. The fraction of sp³-hybridized carbons (Fsp3) is 0.235. The molecule has 0 atom stereocenters. The van der Waals surface area contributed by atoms with Crippen LogP contribution in [0.3, 0.4) is 0 Å². The number of nitrogens with zero attached hydrogens (tertiary/aromatic N) is 5. The Balaban J connectivity index is 1.65. The molecule has 1 amide bonds. The van der Waals surface area contributed by atoms with Gasteiger partial charge < -0.3 is 14.4 Å². The van der Waals surface area contributed by atoms with Gasteiger partial charge in [-0.25, -0.2) is 9.97 Å². The maximum atomic E-state index is 12.7. The Kier molecular flexibility index (Phi) is 4.73. The van der Waals surface area contributed by atoms with Gasteiger partial charge in [-0.05, 0) is 19.9 Å². The van der Waals surface area contributed by atoms with Crippen molar-refractivity contribution in [2.75, 3.05) is 5.32 Å². The molecule has 0 fully saturated rings. The highest BCUT2D eigenvalue weighted by molar-refractivity contribution is 6.34. The number of H-pyrrole nitrogens is 1. The molecule has 0 spiro atoms. The summed E-state index contributed by atoms with van der Waals surface area (Å²) in [4.78, 5) is 21.2. The molecule has 0 bridgehead atoms. The minimum atomic E-state index is -4.59. The minimum absolute atomic E-state index is 0.0119. The predicted molar refractivity (Wildman–Crippen MR) is 99.2 cm³/mol. The summed E-state index contributed by atoms with van der Waals surface area (Å²) >= 11 is 5.89. The van der Waals surface area contributed by atoms with Crippen LogP contribution in [0.25, 0.3) is 11.2 Å². The average molecular weight is 440 g/mol. The van der Waals surface area contributed by atoms with Gasteiger partial charge in [0.2, 0.25) is 0 Å². The number of hydrogen-bond donors (Lipinski definition) is 2. The van der Waals surface area contributed by atoms with Crippen LogP contribution in [-0.4, -0.2) is 35.8 Å². The Bertz CT molecular complexity index is 1260. The number of amides is 1. The Labute approximate surface area is 171 Å². The van der Waals surface area contributed by atoms with E-state index in [1.807, 2.05) is 0 Å². The van der Waals surface area contributed by atoms with Crippen molar-refractivity contribution in [2.24, 2.45) is 0 Å². The number of hydrogen-bond acceptors (Lipinski definition) is 6. The Morgan fingerprint density at radius 1 is 1.30 bits per heavy atom. The van der Waals surface area contributed by atoms with Crippen LogP contribution in [0.1, 0.15) is 33.3 Å². The standard InChI is InChI=1S/C17H13ClF3N7O2/c1-7-3-11-15(28(7)6-9-4-12(27-30-9)17(19,20)21)23-8(2)14(24-11)25-16(29)13-10(18)5-22-26-13/h3-5H,6H2,1-2H3,(H,22,26)(H,24,25,29). The van der Waals surface area contributed by atoms with E-state index in [9.17, 15) is 18.0 Å². The van der Waals surface area contributed by atoms with Gasteiger partial charge in [0.1, 0.15) is 11.2 Å². The van der Waals surface area contributed by atoms with Crippen LogP contribution in [0, 0.1) is 13.8 Å². The molecule has 30 heavy (non-hydrogen) atoms. The Hall–Kier alpha value is -3.41. The number of halogens is 4. The molecule has 0 radical (unpaired) electrons. The van der Waals surface area contributed by atoms with Crippen LogP contribution in [0.5, 0.6) is 0 Å². The van der Waals surface area contributed by atoms with Crippen LogP contribution in [0.15, 0.2) is 22.9 Å². The van der Waals surface area contributed by atoms with Crippen molar-refractivity contribution in [2.45, 2.75) is 26.6 Å². The van der Waals surface area contributed by atoms with Crippen molar-refractivity contribution in [3.63, 3.8) is 0 Å². The average Bonchev–Trinajstić information content (AvgIpc) is 3.36. The maximum Gasteiger partial charge on any atom is 0.436 e. The highest BCUT2D eigenvalue weighted by atomic mass is 35.5. The van der Waals surface area contributed by atoms with Gasteiger partial charge in [-0.3, -0.25) is 9.89 Å². The Morgan fingerprint density at radius 2 is 2.07 bits per heavy atom. The molecule has 0 aromatic carbocycles. The summed E-state index contributed by atoms with van der Waals surface area (Å²) in [5.74, 6) is -0.297.